The number of hydrogen-bond donors (Lipinski definition) is 0. The van der Waals surface area contributed by atoms with Crippen LogP contribution in [0, 0.1) is 11.3 Å². The van der Waals surface area contributed by atoms with Crippen LogP contribution in [0.2, 0.25) is 0 Å². The molecule has 16 heavy (non-hydrogen) atoms. The van der Waals surface area contributed by atoms with E-state index in [0.29, 0.717) is 19.4 Å². The SMILES string of the molecule is COC(=O)CCS(=O)(=O)N1CCCC1C#N. The summed E-state index contributed by atoms with van der Waals surface area (Å²) in [4.78, 5) is 10.9. The van der Waals surface area contributed by atoms with Crippen molar-refractivity contribution in [1.29, 1.82) is 5.26 Å². The zero-order valence-electron chi connectivity index (χ0n) is 9.05. The van der Waals surface area contributed by atoms with Gasteiger partial charge >= 0.3 is 5.97 Å². The van der Waals surface area contributed by atoms with Crippen LogP contribution in [0.25, 0.3) is 0 Å². The van der Waals surface area contributed by atoms with Crippen LogP contribution in [-0.4, -0.2) is 44.1 Å². The molecular weight excluding hydrogens is 232 g/mol. The molecule has 1 aliphatic heterocycles. The predicted molar refractivity (Wildman–Crippen MR) is 55.8 cm³/mol. The fourth-order valence-electron chi connectivity index (χ4n) is 1.63. The van der Waals surface area contributed by atoms with E-state index in [1.165, 1.54) is 11.4 Å². The summed E-state index contributed by atoms with van der Waals surface area (Å²) in [5, 5.41) is 8.78. The summed E-state index contributed by atoms with van der Waals surface area (Å²) in [7, 11) is -2.31. The first kappa shape index (κ1) is 12.9. The number of nitrogens with zero attached hydrogens (tertiary/aromatic N) is 2. The van der Waals surface area contributed by atoms with Crippen LogP contribution >= 0.6 is 0 Å². The summed E-state index contributed by atoms with van der Waals surface area (Å²) in [5.74, 6) is -0.853. The average Bonchev–Trinajstić information content (AvgIpc) is 2.74. The summed E-state index contributed by atoms with van der Waals surface area (Å²) < 4.78 is 29.1. The van der Waals surface area contributed by atoms with Gasteiger partial charge in [0, 0.05) is 6.54 Å². The van der Waals surface area contributed by atoms with Gasteiger partial charge in [-0.25, -0.2) is 8.42 Å². The van der Waals surface area contributed by atoms with Crippen LogP contribution < -0.4 is 0 Å². The quantitative estimate of drug-likeness (QED) is 0.645. The van der Waals surface area contributed by atoms with E-state index < -0.39 is 22.0 Å². The highest BCUT2D eigenvalue weighted by Gasteiger charge is 2.34. The molecule has 1 aliphatic rings. The summed E-state index contributed by atoms with van der Waals surface area (Å²) in [6.45, 7) is 0.363. The third-order valence-electron chi connectivity index (χ3n) is 2.50. The Hall–Kier alpha value is -1.13. The number of carbonyl (C=O) groups is 1. The zero-order valence-corrected chi connectivity index (χ0v) is 9.87. The van der Waals surface area contributed by atoms with Gasteiger partial charge in [-0.05, 0) is 12.8 Å². The second-order valence-electron chi connectivity index (χ2n) is 3.54. The normalized spacial score (nSPS) is 21.6. The summed E-state index contributed by atoms with van der Waals surface area (Å²) in [6.07, 6.45) is 1.08. The Morgan fingerprint density at radius 1 is 1.62 bits per heavy atom. The van der Waals surface area contributed by atoms with Gasteiger partial charge in [-0.1, -0.05) is 0 Å². The van der Waals surface area contributed by atoms with Crippen molar-refractivity contribution in [3.63, 3.8) is 0 Å². The Morgan fingerprint density at radius 3 is 2.88 bits per heavy atom. The monoisotopic (exact) mass is 246 g/mol. The van der Waals surface area contributed by atoms with Gasteiger partial charge in [-0.3, -0.25) is 4.79 Å². The van der Waals surface area contributed by atoms with E-state index in [9.17, 15) is 13.2 Å². The molecule has 1 saturated heterocycles. The number of ether oxygens (including phenoxy) is 1. The number of esters is 1. The first-order valence-corrected chi connectivity index (χ1v) is 6.58. The third-order valence-corrected chi connectivity index (χ3v) is 4.37. The summed E-state index contributed by atoms with van der Waals surface area (Å²) >= 11 is 0. The van der Waals surface area contributed by atoms with Crippen molar-refractivity contribution in [2.75, 3.05) is 19.4 Å². The van der Waals surface area contributed by atoms with Crippen molar-refractivity contribution in [1.82, 2.24) is 4.31 Å². The molecule has 0 amide bonds. The Kier molecular flexibility index (Phi) is 4.26. The number of nitriles is 1. The Bertz CT molecular complexity index is 398. The third kappa shape index (κ3) is 2.93. The highest BCUT2D eigenvalue weighted by Crippen LogP contribution is 2.21. The molecule has 0 aromatic heterocycles. The minimum absolute atomic E-state index is 0.173. The van der Waals surface area contributed by atoms with E-state index >= 15 is 0 Å². The van der Waals surface area contributed by atoms with Crippen LogP contribution in [0.3, 0.4) is 0 Å². The molecule has 0 aromatic carbocycles. The molecule has 0 N–H and O–H groups in total. The lowest BCUT2D eigenvalue weighted by Crippen LogP contribution is -2.36. The zero-order chi connectivity index (χ0) is 12.2. The smallest absolute Gasteiger partial charge is 0.306 e. The van der Waals surface area contributed by atoms with E-state index in [0.717, 1.165) is 0 Å². The standard InChI is InChI=1S/C9H14N2O4S/c1-15-9(12)4-6-16(13,14)11-5-2-3-8(11)7-10/h8H,2-6H2,1H3. The molecule has 0 spiro atoms. The molecule has 0 saturated carbocycles. The molecule has 6 nitrogen and oxygen atoms in total. The van der Waals surface area contributed by atoms with Gasteiger partial charge in [-0.2, -0.15) is 9.57 Å². The van der Waals surface area contributed by atoms with Gasteiger partial charge in [0.1, 0.15) is 6.04 Å². The van der Waals surface area contributed by atoms with Crippen LogP contribution in [0.4, 0.5) is 0 Å². The lowest BCUT2D eigenvalue weighted by molar-refractivity contribution is -0.140. The van der Waals surface area contributed by atoms with Gasteiger partial charge in [0.25, 0.3) is 0 Å². The summed E-state index contributed by atoms with van der Waals surface area (Å²) in [5.41, 5.74) is 0. The molecule has 1 atom stereocenters. The van der Waals surface area contributed by atoms with E-state index in [1.807, 2.05) is 6.07 Å². The van der Waals surface area contributed by atoms with E-state index in [-0.39, 0.29) is 12.2 Å². The van der Waals surface area contributed by atoms with Crippen molar-refractivity contribution in [2.24, 2.45) is 0 Å². The van der Waals surface area contributed by atoms with Gasteiger partial charge in [0.05, 0.1) is 25.4 Å². The Labute approximate surface area is 94.8 Å². The lowest BCUT2D eigenvalue weighted by atomic mass is 10.2. The fourth-order valence-corrected chi connectivity index (χ4v) is 3.24. The molecule has 0 radical (unpaired) electrons. The second-order valence-corrected chi connectivity index (χ2v) is 5.58. The van der Waals surface area contributed by atoms with Gasteiger partial charge in [0.2, 0.25) is 10.0 Å². The summed E-state index contributed by atoms with van der Waals surface area (Å²) in [6, 6.07) is 1.37. The number of carbonyl (C=O) groups excluding carboxylic acids is 1. The van der Waals surface area contributed by atoms with Gasteiger partial charge in [-0.15, -0.1) is 0 Å². The second kappa shape index (κ2) is 5.27. The van der Waals surface area contributed by atoms with Crippen molar-refractivity contribution < 1.29 is 17.9 Å². The lowest BCUT2D eigenvalue weighted by Gasteiger charge is -2.18. The highest BCUT2D eigenvalue weighted by atomic mass is 32.2. The molecule has 1 heterocycles. The molecule has 0 bridgehead atoms. The molecule has 0 aliphatic carbocycles. The maximum Gasteiger partial charge on any atom is 0.306 e. The molecule has 7 heteroatoms. The molecule has 90 valence electrons. The van der Waals surface area contributed by atoms with Crippen molar-refractivity contribution in [3.05, 3.63) is 0 Å². The minimum atomic E-state index is -3.52. The molecule has 0 aromatic rings. The predicted octanol–water partition coefficient (Wildman–Crippen LogP) is -0.133. The maximum atomic E-state index is 11.8. The van der Waals surface area contributed by atoms with Crippen molar-refractivity contribution >= 4 is 16.0 Å². The van der Waals surface area contributed by atoms with Crippen LogP contribution in [-0.2, 0) is 19.6 Å². The van der Waals surface area contributed by atoms with Gasteiger partial charge in [0.15, 0.2) is 0 Å². The Balaban J connectivity index is 2.64. The fraction of sp³-hybridized carbons (Fsp3) is 0.778. The molecule has 1 unspecified atom stereocenters. The topological polar surface area (TPSA) is 87.5 Å². The average molecular weight is 246 g/mol. The van der Waals surface area contributed by atoms with Gasteiger partial charge < -0.3 is 4.74 Å². The van der Waals surface area contributed by atoms with E-state index in [1.54, 1.807) is 0 Å². The number of hydrogen-bond acceptors (Lipinski definition) is 5. The molecule has 1 rings (SSSR count). The first-order chi connectivity index (χ1) is 7.51. The Morgan fingerprint density at radius 2 is 2.31 bits per heavy atom. The highest BCUT2D eigenvalue weighted by molar-refractivity contribution is 7.89. The van der Waals surface area contributed by atoms with Crippen molar-refractivity contribution in [3.8, 4) is 6.07 Å². The number of rotatable bonds is 4. The van der Waals surface area contributed by atoms with Crippen LogP contribution in [0.5, 0.6) is 0 Å². The van der Waals surface area contributed by atoms with Crippen molar-refractivity contribution in [2.45, 2.75) is 25.3 Å². The largest absolute Gasteiger partial charge is 0.469 e. The van der Waals surface area contributed by atoms with Crippen LogP contribution in [0.1, 0.15) is 19.3 Å². The van der Waals surface area contributed by atoms with E-state index in [4.69, 9.17) is 5.26 Å². The maximum absolute atomic E-state index is 11.8. The van der Waals surface area contributed by atoms with E-state index in [2.05, 4.69) is 4.74 Å². The molecular formula is C9H14N2O4S. The minimum Gasteiger partial charge on any atom is -0.469 e. The number of methoxy groups -OCH3 is 1. The number of sulfonamides is 1. The molecule has 1 fully saturated rings. The van der Waals surface area contributed by atoms with Crippen LogP contribution in [0.15, 0.2) is 0 Å². The first-order valence-electron chi connectivity index (χ1n) is 4.97.